The molecule has 9 heteroatoms. The topological polar surface area (TPSA) is 234 Å². The second kappa shape index (κ2) is 20.0. The van der Waals surface area contributed by atoms with E-state index in [4.69, 9.17) is 51.6 Å². The molecule has 0 spiro atoms. The van der Waals surface area contributed by atoms with Gasteiger partial charge in [-0.1, -0.05) is 36.3 Å². The molecule has 278 valence electrons. The van der Waals surface area contributed by atoms with Gasteiger partial charge in [0, 0.05) is 54.4 Å². The summed E-state index contributed by atoms with van der Waals surface area (Å²) in [5, 5.41) is 0. The summed E-state index contributed by atoms with van der Waals surface area (Å²) in [6.45, 7) is 10.0. The van der Waals surface area contributed by atoms with Crippen LogP contribution in [-0.4, -0.2) is 54.4 Å². The van der Waals surface area contributed by atoms with E-state index in [1.54, 1.807) is 5.57 Å². The van der Waals surface area contributed by atoms with Crippen molar-refractivity contribution in [3.8, 4) is 0 Å². The van der Waals surface area contributed by atoms with E-state index in [0.717, 1.165) is 44.9 Å². The Labute approximate surface area is 294 Å². The Kier molecular flexibility index (Phi) is 17.2. The fraction of sp³-hybridized carbons (Fsp3) is 0.846. The predicted octanol–water partition coefficient (Wildman–Crippen LogP) is 3.48. The van der Waals surface area contributed by atoms with Gasteiger partial charge >= 0.3 is 0 Å². The van der Waals surface area contributed by atoms with Crippen LogP contribution >= 0.6 is 0 Å². The van der Waals surface area contributed by atoms with Crippen molar-refractivity contribution < 1.29 is 0 Å². The van der Waals surface area contributed by atoms with Crippen molar-refractivity contribution in [2.75, 3.05) is 0 Å². The Morgan fingerprint density at radius 2 is 1.08 bits per heavy atom. The van der Waals surface area contributed by atoms with Gasteiger partial charge in [-0.25, -0.2) is 0 Å². The number of rotatable bonds is 19. The monoisotopic (exact) mass is 672 g/mol. The summed E-state index contributed by atoms with van der Waals surface area (Å²) in [7, 11) is 0. The van der Waals surface area contributed by atoms with Crippen LogP contribution in [-0.2, 0) is 0 Å². The first-order chi connectivity index (χ1) is 22.7. The van der Waals surface area contributed by atoms with Gasteiger partial charge in [0.1, 0.15) is 0 Å². The molecule has 0 aliphatic heterocycles. The lowest BCUT2D eigenvalue weighted by molar-refractivity contribution is 0.356. The molecule has 0 aromatic carbocycles. The Morgan fingerprint density at radius 1 is 0.604 bits per heavy atom. The van der Waals surface area contributed by atoms with Gasteiger partial charge in [0.15, 0.2) is 0 Å². The van der Waals surface area contributed by atoms with Gasteiger partial charge in [0.05, 0.1) is 0 Å². The number of allylic oxidation sites excluding steroid dienone is 5. The number of nitrogens with two attached hydrogens (primary N) is 9. The molecule has 0 saturated heterocycles. The normalized spacial score (nSPS) is 34.8. The van der Waals surface area contributed by atoms with E-state index >= 15 is 0 Å². The standard InChI is InChI=1S/C39H77N9/c1-5-28-18-26(19-31(28)13-16-35(44)38(47)24(3)41)10-11-32-21-27(22-33(32)14-17-36(45)39(48)25(4)42)20-30-9-7-6-8-29(30)12-15-34(43)37(46)23(2)40/h5,10-11,20,23-29,31-39H,1,6-9,12-19,21-22,40-48H2,2-4H3/b11-10-,30-20-. The molecule has 9 nitrogen and oxygen atoms in total. The molecule has 18 N–H and O–H groups in total. The molecule has 0 radical (unpaired) electrons. The van der Waals surface area contributed by atoms with E-state index < -0.39 is 0 Å². The van der Waals surface area contributed by atoms with Crippen LogP contribution in [0.15, 0.2) is 36.5 Å². The van der Waals surface area contributed by atoms with Crippen molar-refractivity contribution in [3.63, 3.8) is 0 Å². The van der Waals surface area contributed by atoms with Crippen LogP contribution in [0.1, 0.15) is 111 Å². The van der Waals surface area contributed by atoms with Crippen LogP contribution in [0.5, 0.6) is 0 Å². The molecule has 16 atom stereocenters. The maximum Gasteiger partial charge on any atom is 0.0343 e. The molecular formula is C39H77N9. The van der Waals surface area contributed by atoms with Gasteiger partial charge in [0.25, 0.3) is 0 Å². The van der Waals surface area contributed by atoms with E-state index in [0.29, 0.717) is 41.4 Å². The number of hydrogen-bond donors (Lipinski definition) is 9. The second-order valence-electron chi connectivity index (χ2n) is 16.6. The first-order valence-corrected chi connectivity index (χ1v) is 19.5. The molecule has 0 heterocycles. The highest BCUT2D eigenvalue weighted by molar-refractivity contribution is 5.14. The summed E-state index contributed by atoms with van der Waals surface area (Å²) >= 11 is 0. The Morgan fingerprint density at radius 3 is 1.60 bits per heavy atom. The summed E-state index contributed by atoms with van der Waals surface area (Å²) < 4.78 is 0. The zero-order chi connectivity index (χ0) is 35.5. The van der Waals surface area contributed by atoms with Gasteiger partial charge in [-0.3, -0.25) is 0 Å². The van der Waals surface area contributed by atoms with Crippen molar-refractivity contribution >= 4 is 0 Å². The summed E-state index contributed by atoms with van der Waals surface area (Å²) in [6.07, 6.45) is 25.8. The van der Waals surface area contributed by atoms with E-state index in [9.17, 15) is 0 Å². The molecule has 48 heavy (non-hydrogen) atoms. The highest BCUT2D eigenvalue weighted by atomic mass is 14.9. The quantitative estimate of drug-likeness (QED) is 0.0913. The van der Waals surface area contributed by atoms with Gasteiger partial charge in [-0.15, -0.1) is 6.58 Å². The van der Waals surface area contributed by atoms with Crippen molar-refractivity contribution in [2.45, 2.75) is 165 Å². The minimum Gasteiger partial charge on any atom is -0.326 e. The van der Waals surface area contributed by atoms with E-state index in [1.165, 1.54) is 44.9 Å². The van der Waals surface area contributed by atoms with Crippen LogP contribution in [0.25, 0.3) is 0 Å². The minimum atomic E-state index is -0.176. The fourth-order valence-electron chi connectivity index (χ4n) is 9.10. The molecule has 0 amide bonds. The number of hydrogen-bond acceptors (Lipinski definition) is 9. The molecular weight excluding hydrogens is 594 g/mol. The van der Waals surface area contributed by atoms with Crippen LogP contribution in [0.4, 0.5) is 0 Å². The highest BCUT2D eigenvalue weighted by Crippen LogP contribution is 2.45. The molecule has 16 unspecified atom stereocenters. The van der Waals surface area contributed by atoms with Crippen molar-refractivity contribution in [2.24, 2.45) is 93.0 Å². The van der Waals surface area contributed by atoms with Crippen LogP contribution in [0.2, 0.25) is 0 Å². The summed E-state index contributed by atoms with van der Waals surface area (Å²) in [6, 6.07) is -0.970. The van der Waals surface area contributed by atoms with Crippen LogP contribution in [0, 0.1) is 41.4 Å². The molecule has 0 bridgehead atoms. The third kappa shape index (κ3) is 12.3. The van der Waals surface area contributed by atoms with Gasteiger partial charge in [-0.05, 0) is 146 Å². The molecule has 0 aromatic rings. The second-order valence-corrected chi connectivity index (χ2v) is 16.6. The van der Waals surface area contributed by atoms with Crippen molar-refractivity contribution in [1.82, 2.24) is 0 Å². The average Bonchev–Trinajstić information content (AvgIpc) is 3.65. The molecule has 3 fully saturated rings. The predicted molar refractivity (Wildman–Crippen MR) is 205 cm³/mol. The van der Waals surface area contributed by atoms with Crippen molar-refractivity contribution in [1.29, 1.82) is 0 Å². The third-order valence-corrected chi connectivity index (χ3v) is 12.6. The van der Waals surface area contributed by atoms with Crippen LogP contribution in [0.3, 0.4) is 0 Å². The van der Waals surface area contributed by atoms with E-state index in [2.05, 4.69) is 30.9 Å². The summed E-state index contributed by atoms with van der Waals surface area (Å²) in [5.41, 5.74) is 58.2. The Hall–Kier alpha value is -1.14. The van der Waals surface area contributed by atoms with Gasteiger partial charge in [0.2, 0.25) is 0 Å². The summed E-state index contributed by atoms with van der Waals surface area (Å²) in [4.78, 5) is 0. The molecule has 0 aromatic heterocycles. The first kappa shape index (κ1) is 41.3. The molecule has 3 aliphatic carbocycles. The summed E-state index contributed by atoms with van der Waals surface area (Å²) in [5.74, 6) is 4.02. The van der Waals surface area contributed by atoms with Gasteiger partial charge in [-0.2, -0.15) is 0 Å². The van der Waals surface area contributed by atoms with Gasteiger partial charge < -0.3 is 51.6 Å². The molecule has 3 rings (SSSR count). The average molecular weight is 672 g/mol. The maximum atomic E-state index is 6.55. The maximum absolute atomic E-state index is 6.55. The zero-order valence-corrected chi connectivity index (χ0v) is 30.8. The lowest BCUT2D eigenvalue weighted by Crippen LogP contribution is -2.51. The van der Waals surface area contributed by atoms with E-state index in [-0.39, 0.29) is 54.4 Å². The Balaban J connectivity index is 1.69. The first-order valence-electron chi connectivity index (χ1n) is 19.5. The largest absolute Gasteiger partial charge is 0.326 e. The fourth-order valence-corrected chi connectivity index (χ4v) is 9.10. The zero-order valence-electron chi connectivity index (χ0n) is 30.8. The molecule has 3 aliphatic rings. The minimum absolute atomic E-state index is 0.0507. The highest BCUT2D eigenvalue weighted by Gasteiger charge is 2.35. The SMILES string of the molecule is C=CC1CC(/C=C\C2CC(/C=C3/CCCCC3CCC(N)C(N)C(C)N)CC2CCC(N)C(N)C(C)N)CC1CCC(N)C(N)C(C)N. The van der Waals surface area contributed by atoms with Crippen molar-refractivity contribution in [3.05, 3.63) is 36.5 Å². The Bertz CT molecular complexity index is 996. The third-order valence-electron chi connectivity index (χ3n) is 12.6. The molecule has 3 saturated carbocycles. The smallest absolute Gasteiger partial charge is 0.0343 e. The lowest BCUT2D eigenvalue weighted by atomic mass is 9.78. The lowest BCUT2D eigenvalue weighted by Gasteiger charge is -2.29. The van der Waals surface area contributed by atoms with Crippen LogP contribution < -0.4 is 51.6 Å². The van der Waals surface area contributed by atoms with E-state index in [1.807, 2.05) is 20.8 Å².